The van der Waals surface area contributed by atoms with E-state index >= 15 is 0 Å². The molecule has 1 aliphatic heterocycles. The molecule has 42 heavy (non-hydrogen) atoms. The van der Waals surface area contributed by atoms with Crippen LogP contribution in [-0.4, -0.2) is 57.9 Å². The summed E-state index contributed by atoms with van der Waals surface area (Å²) in [5, 5.41) is 19.2. The largest absolute Gasteiger partial charge is 0.484 e. The fraction of sp³-hybridized carbons (Fsp3) is 0.357. The van der Waals surface area contributed by atoms with E-state index in [1.54, 1.807) is 26.0 Å². The standard InChI is InChI=1S/C28H28F3N7O4/c1-27(2,26(33)41)14-35-25(40)23-22-20(37-38(23)21-9-7-17(12-32)13-34-21)11-18(36-24(22)39)8-6-16-4-3-5-19(10-16)42-15-28(29,30)31/h3-5,7,9-10,13,18H,6,8,11,14-15H2,1-2H3,(H2,33,41)(H,35,40)(H,36,39). The third kappa shape index (κ3) is 7.03. The number of halogens is 3. The van der Waals surface area contributed by atoms with E-state index in [2.05, 4.69) is 20.7 Å². The monoisotopic (exact) mass is 583 g/mol. The zero-order valence-electron chi connectivity index (χ0n) is 22.8. The molecule has 1 aromatic carbocycles. The van der Waals surface area contributed by atoms with Crippen LogP contribution in [0.5, 0.6) is 5.75 Å². The molecule has 0 fully saturated rings. The molecule has 1 aliphatic rings. The zero-order valence-corrected chi connectivity index (χ0v) is 22.8. The van der Waals surface area contributed by atoms with Crippen LogP contribution in [-0.2, 0) is 17.6 Å². The molecule has 3 heterocycles. The number of carbonyl (C=O) groups excluding carboxylic acids is 3. The predicted octanol–water partition coefficient (Wildman–Crippen LogP) is 2.61. The summed E-state index contributed by atoms with van der Waals surface area (Å²) in [6.45, 7) is 1.64. The van der Waals surface area contributed by atoms with E-state index in [1.165, 1.54) is 35.1 Å². The average molecular weight is 584 g/mol. The van der Waals surface area contributed by atoms with Gasteiger partial charge in [-0.15, -0.1) is 0 Å². The molecule has 0 spiro atoms. The van der Waals surface area contributed by atoms with Crippen molar-refractivity contribution in [2.24, 2.45) is 11.1 Å². The molecule has 2 aromatic heterocycles. The Balaban J connectivity index is 1.57. The van der Waals surface area contributed by atoms with Gasteiger partial charge in [-0.1, -0.05) is 12.1 Å². The normalized spacial score (nSPS) is 14.9. The molecule has 0 saturated carbocycles. The summed E-state index contributed by atoms with van der Waals surface area (Å²) in [5.41, 5.74) is 5.68. The van der Waals surface area contributed by atoms with Crippen molar-refractivity contribution in [3.05, 3.63) is 70.7 Å². The van der Waals surface area contributed by atoms with E-state index in [1.807, 2.05) is 6.07 Å². The maximum absolute atomic E-state index is 13.4. The van der Waals surface area contributed by atoms with Crippen LogP contribution < -0.4 is 21.1 Å². The lowest BCUT2D eigenvalue weighted by molar-refractivity contribution is -0.153. The predicted molar refractivity (Wildman–Crippen MR) is 143 cm³/mol. The van der Waals surface area contributed by atoms with Crippen molar-refractivity contribution in [2.75, 3.05) is 13.2 Å². The van der Waals surface area contributed by atoms with Gasteiger partial charge in [0, 0.05) is 25.2 Å². The quantitative estimate of drug-likeness (QED) is 0.330. The Labute approximate surface area is 238 Å². The second-order valence-electron chi connectivity index (χ2n) is 10.5. The number of aryl methyl sites for hydroxylation is 1. The number of nitriles is 1. The van der Waals surface area contributed by atoms with Gasteiger partial charge in [0.05, 0.1) is 22.2 Å². The van der Waals surface area contributed by atoms with Crippen molar-refractivity contribution in [1.29, 1.82) is 5.26 Å². The number of fused-ring (bicyclic) bond motifs is 1. The maximum Gasteiger partial charge on any atom is 0.422 e. The Morgan fingerprint density at radius 1 is 1.26 bits per heavy atom. The summed E-state index contributed by atoms with van der Waals surface area (Å²) in [6, 6.07) is 10.9. The molecule has 1 atom stereocenters. The number of primary amides is 1. The molecule has 220 valence electrons. The van der Waals surface area contributed by atoms with Crippen molar-refractivity contribution in [2.45, 2.75) is 45.3 Å². The number of ether oxygens (including phenoxy) is 1. The van der Waals surface area contributed by atoms with Gasteiger partial charge >= 0.3 is 6.18 Å². The first kappa shape index (κ1) is 30.0. The third-order valence-electron chi connectivity index (χ3n) is 6.71. The SMILES string of the molecule is CC(C)(CNC(=O)c1c2c(nn1-c1ccc(C#N)cn1)CC(CCc1cccc(OCC(F)(F)F)c1)NC2=O)C(N)=O. The van der Waals surface area contributed by atoms with Gasteiger partial charge in [-0.2, -0.15) is 23.5 Å². The van der Waals surface area contributed by atoms with E-state index in [0.29, 0.717) is 18.5 Å². The molecule has 3 amide bonds. The number of nitrogens with zero attached hydrogens (tertiary/aromatic N) is 4. The Morgan fingerprint density at radius 2 is 2.02 bits per heavy atom. The highest BCUT2D eigenvalue weighted by Gasteiger charge is 2.36. The lowest BCUT2D eigenvalue weighted by Gasteiger charge is -2.24. The van der Waals surface area contributed by atoms with E-state index < -0.39 is 35.9 Å². The average Bonchev–Trinajstić information content (AvgIpc) is 3.34. The Bertz CT molecular complexity index is 1540. The lowest BCUT2D eigenvalue weighted by atomic mass is 9.92. The topological polar surface area (TPSA) is 165 Å². The summed E-state index contributed by atoms with van der Waals surface area (Å²) < 4.78 is 43.6. The number of rotatable bonds is 10. The number of aromatic nitrogens is 3. The van der Waals surface area contributed by atoms with Gasteiger partial charge in [-0.05, 0) is 56.5 Å². The van der Waals surface area contributed by atoms with E-state index in [-0.39, 0.29) is 47.4 Å². The number of pyridine rings is 1. The Morgan fingerprint density at radius 3 is 2.67 bits per heavy atom. The lowest BCUT2D eigenvalue weighted by Crippen LogP contribution is -2.44. The van der Waals surface area contributed by atoms with Crippen molar-refractivity contribution in [3.63, 3.8) is 0 Å². The van der Waals surface area contributed by atoms with Gasteiger partial charge in [0.2, 0.25) is 5.91 Å². The number of alkyl halides is 3. The molecule has 4 rings (SSSR count). The van der Waals surface area contributed by atoms with Gasteiger partial charge in [0.15, 0.2) is 12.4 Å². The molecule has 0 radical (unpaired) electrons. The highest BCUT2D eigenvalue weighted by molar-refractivity contribution is 6.08. The minimum Gasteiger partial charge on any atom is -0.484 e. The van der Waals surface area contributed by atoms with Gasteiger partial charge in [-0.3, -0.25) is 14.4 Å². The molecule has 0 bridgehead atoms. The highest BCUT2D eigenvalue weighted by atomic mass is 19.4. The first-order chi connectivity index (χ1) is 19.8. The number of nitrogens with two attached hydrogens (primary N) is 1. The second kappa shape index (κ2) is 11.9. The summed E-state index contributed by atoms with van der Waals surface area (Å²) in [5.74, 6) is -1.55. The highest BCUT2D eigenvalue weighted by Crippen LogP contribution is 2.26. The number of hydrogen-bond donors (Lipinski definition) is 3. The van der Waals surface area contributed by atoms with E-state index in [4.69, 9.17) is 15.7 Å². The summed E-state index contributed by atoms with van der Waals surface area (Å²) >= 11 is 0. The molecular weight excluding hydrogens is 555 g/mol. The van der Waals surface area contributed by atoms with Crippen molar-refractivity contribution < 1.29 is 32.3 Å². The summed E-state index contributed by atoms with van der Waals surface area (Å²) in [4.78, 5) is 42.7. The molecular formula is C28H28F3N7O4. The Kier molecular flexibility index (Phi) is 8.51. The van der Waals surface area contributed by atoms with Crippen LogP contribution in [0.1, 0.15) is 57.9 Å². The molecule has 3 aromatic rings. The smallest absolute Gasteiger partial charge is 0.422 e. The van der Waals surface area contributed by atoms with Crippen LogP contribution in [0.3, 0.4) is 0 Å². The first-order valence-electron chi connectivity index (χ1n) is 12.9. The number of amides is 3. The van der Waals surface area contributed by atoms with E-state index in [9.17, 15) is 27.6 Å². The van der Waals surface area contributed by atoms with Gasteiger partial charge in [0.1, 0.15) is 17.5 Å². The first-order valence-corrected chi connectivity index (χ1v) is 12.9. The second-order valence-corrected chi connectivity index (χ2v) is 10.5. The zero-order chi connectivity index (χ0) is 30.7. The third-order valence-corrected chi connectivity index (χ3v) is 6.71. The fourth-order valence-electron chi connectivity index (χ4n) is 4.28. The van der Waals surface area contributed by atoms with Crippen LogP contribution >= 0.6 is 0 Å². The van der Waals surface area contributed by atoms with Gasteiger partial charge < -0.3 is 21.1 Å². The summed E-state index contributed by atoms with van der Waals surface area (Å²) in [7, 11) is 0. The molecule has 4 N–H and O–H groups in total. The van der Waals surface area contributed by atoms with E-state index in [0.717, 1.165) is 5.56 Å². The van der Waals surface area contributed by atoms with Crippen LogP contribution in [0.2, 0.25) is 0 Å². The minimum atomic E-state index is -4.45. The van der Waals surface area contributed by atoms with Gasteiger partial charge in [-0.25, -0.2) is 9.67 Å². The van der Waals surface area contributed by atoms with Crippen LogP contribution in [0.25, 0.3) is 5.82 Å². The molecule has 1 unspecified atom stereocenters. The molecule has 0 aliphatic carbocycles. The van der Waals surface area contributed by atoms with Gasteiger partial charge in [0.25, 0.3) is 11.8 Å². The van der Waals surface area contributed by atoms with Crippen molar-refractivity contribution >= 4 is 17.7 Å². The summed E-state index contributed by atoms with van der Waals surface area (Å²) in [6.07, 6.45) is -2.02. The maximum atomic E-state index is 13.4. The Hall–Kier alpha value is -4.93. The number of hydrogen-bond acceptors (Lipinski definition) is 7. The van der Waals surface area contributed by atoms with Crippen molar-refractivity contribution in [1.82, 2.24) is 25.4 Å². The number of carbonyl (C=O) groups is 3. The molecule has 11 nitrogen and oxygen atoms in total. The van der Waals surface area contributed by atoms with Crippen LogP contribution in [0.15, 0.2) is 42.6 Å². The number of benzene rings is 1. The van der Waals surface area contributed by atoms with Crippen molar-refractivity contribution in [3.8, 4) is 17.6 Å². The molecule has 0 saturated heterocycles. The van der Waals surface area contributed by atoms with Crippen LogP contribution in [0.4, 0.5) is 13.2 Å². The van der Waals surface area contributed by atoms with Crippen LogP contribution in [0, 0.1) is 16.7 Å². The number of nitrogens with one attached hydrogen (secondary N) is 2. The minimum absolute atomic E-state index is 0.0503. The fourth-order valence-corrected chi connectivity index (χ4v) is 4.28. The molecule has 14 heteroatoms.